The van der Waals surface area contributed by atoms with E-state index in [0.717, 1.165) is 27.1 Å². The largest absolute Gasteiger partial charge is 0.481 e. The molecule has 7 heteroatoms. The lowest BCUT2D eigenvalue weighted by Crippen LogP contribution is -2.19. The topological polar surface area (TPSA) is 99.5 Å². The van der Waals surface area contributed by atoms with Crippen LogP contribution in [0.25, 0.3) is 21.6 Å². The number of carboxylic acids is 1. The highest BCUT2D eigenvalue weighted by Gasteiger charge is 2.51. The van der Waals surface area contributed by atoms with Gasteiger partial charge in [0.05, 0.1) is 21.7 Å². The van der Waals surface area contributed by atoms with Gasteiger partial charge >= 0.3 is 12.1 Å². The van der Waals surface area contributed by atoms with E-state index in [2.05, 4.69) is 9.69 Å². The van der Waals surface area contributed by atoms with E-state index in [1.165, 1.54) is 11.5 Å². The van der Waals surface area contributed by atoms with Crippen molar-refractivity contribution >= 4 is 29.3 Å². The molecule has 0 aliphatic heterocycles. The normalized spacial score (nSPS) is 14.5. The number of hydrogen-bond donors (Lipinski definition) is 3. The van der Waals surface area contributed by atoms with Crippen LogP contribution in [0, 0.1) is 6.92 Å². The fourth-order valence-electron chi connectivity index (χ4n) is 3.37. The average molecular weight is 394 g/mol. The second kappa shape index (κ2) is 6.76. The van der Waals surface area contributed by atoms with Gasteiger partial charge in [0.1, 0.15) is 0 Å². The second-order valence-electron chi connectivity index (χ2n) is 6.94. The van der Waals surface area contributed by atoms with Crippen LogP contribution in [0.3, 0.4) is 0 Å². The summed E-state index contributed by atoms with van der Waals surface area (Å²) in [7, 11) is 0. The third-order valence-electron chi connectivity index (χ3n) is 5.17. The van der Waals surface area contributed by atoms with Crippen LogP contribution in [0.2, 0.25) is 0 Å². The molecule has 28 heavy (non-hydrogen) atoms. The molecule has 1 aromatic heterocycles. The molecule has 0 spiro atoms. The minimum atomic E-state index is -1.11. The van der Waals surface area contributed by atoms with Gasteiger partial charge in [0.25, 0.3) is 0 Å². The summed E-state index contributed by atoms with van der Waals surface area (Å²) < 4.78 is 4.25. The van der Waals surface area contributed by atoms with Gasteiger partial charge < -0.3 is 10.2 Å². The predicted octanol–water partition coefficient (Wildman–Crippen LogP) is 4.99. The summed E-state index contributed by atoms with van der Waals surface area (Å²) in [6.07, 6.45) is 0.269. The van der Waals surface area contributed by atoms with Crippen molar-refractivity contribution in [2.24, 2.45) is 0 Å². The Morgan fingerprint density at radius 3 is 2.00 bits per heavy atom. The van der Waals surface area contributed by atoms with Crippen LogP contribution in [0.15, 0.2) is 48.5 Å². The molecule has 1 heterocycles. The van der Waals surface area contributed by atoms with Crippen LogP contribution >= 0.6 is 11.5 Å². The number of benzene rings is 2. The van der Waals surface area contributed by atoms with Gasteiger partial charge in [0.2, 0.25) is 0 Å². The van der Waals surface area contributed by atoms with E-state index in [-0.39, 0.29) is 0 Å². The highest BCUT2D eigenvalue weighted by atomic mass is 32.1. The van der Waals surface area contributed by atoms with Gasteiger partial charge in [-0.2, -0.15) is 4.37 Å². The Morgan fingerprint density at radius 1 is 0.964 bits per heavy atom. The summed E-state index contributed by atoms with van der Waals surface area (Å²) in [5, 5.41) is 20.9. The standard InChI is InChI=1S/C21H18N2O4S/c1-12-17(22-20(26)27)18(28-23-12)15-4-2-13(3-5-15)14-6-8-16(9-7-14)21(10-11-21)19(24)25/h2-9,22H,10-11H2,1H3,(H,24,25)(H,26,27). The lowest BCUT2D eigenvalue weighted by molar-refractivity contribution is -0.140. The van der Waals surface area contributed by atoms with E-state index in [4.69, 9.17) is 5.11 Å². The molecule has 0 unspecified atom stereocenters. The molecule has 1 saturated carbocycles. The first-order valence-electron chi connectivity index (χ1n) is 8.82. The Kier molecular flexibility index (Phi) is 4.39. The number of anilines is 1. The van der Waals surface area contributed by atoms with E-state index in [0.29, 0.717) is 24.2 Å². The lowest BCUT2D eigenvalue weighted by Gasteiger charge is -2.11. The quantitative estimate of drug-likeness (QED) is 0.566. The molecule has 2 aromatic carbocycles. The number of aromatic nitrogens is 1. The summed E-state index contributed by atoms with van der Waals surface area (Å²) in [4.78, 5) is 23.3. The van der Waals surface area contributed by atoms with Crippen LogP contribution < -0.4 is 5.32 Å². The van der Waals surface area contributed by atoms with Gasteiger partial charge in [-0.1, -0.05) is 48.5 Å². The number of aryl methyl sites for hydroxylation is 1. The van der Waals surface area contributed by atoms with Gasteiger partial charge in [-0.3, -0.25) is 10.1 Å². The Hall–Kier alpha value is -3.19. The summed E-state index contributed by atoms with van der Waals surface area (Å²) in [6.45, 7) is 1.77. The molecular weight excluding hydrogens is 376 g/mol. The van der Waals surface area contributed by atoms with Gasteiger partial charge in [-0.05, 0) is 53.6 Å². The minimum absolute atomic E-state index is 0.512. The fourth-order valence-corrected chi connectivity index (χ4v) is 4.22. The Morgan fingerprint density at radius 2 is 1.50 bits per heavy atom. The third kappa shape index (κ3) is 3.14. The molecule has 0 saturated heterocycles. The second-order valence-corrected chi connectivity index (χ2v) is 7.72. The van der Waals surface area contributed by atoms with Crippen molar-refractivity contribution in [1.29, 1.82) is 0 Å². The first kappa shape index (κ1) is 18.2. The maximum Gasteiger partial charge on any atom is 0.409 e. The van der Waals surface area contributed by atoms with Crippen molar-refractivity contribution in [3.8, 4) is 21.6 Å². The maximum absolute atomic E-state index is 11.5. The zero-order valence-corrected chi connectivity index (χ0v) is 15.9. The first-order chi connectivity index (χ1) is 13.4. The van der Waals surface area contributed by atoms with Crippen molar-refractivity contribution < 1.29 is 19.8 Å². The van der Waals surface area contributed by atoms with E-state index < -0.39 is 17.5 Å². The number of carbonyl (C=O) groups is 2. The summed E-state index contributed by atoms with van der Waals surface area (Å²) in [6, 6.07) is 15.5. The molecule has 0 atom stereocenters. The van der Waals surface area contributed by atoms with Crippen molar-refractivity contribution in [1.82, 2.24) is 4.37 Å². The maximum atomic E-state index is 11.5. The smallest absolute Gasteiger partial charge is 0.409 e. The number of hydrogen-bond acceptors (Lipinski definition) is 4. The van der Waals surface area contributed by atoms with Crippen LogP contribution in [0.1, 0.15) is 24.1 Å². The Labute approximate surface area is 165 Å². The van der Waals surface area contributed by atoms with E-state index >= 15 is 0 Å². The van der Waals surface area contributed by atoms with Crippen molar-refractivity contribution in [3.63, 3.8) is 0 Å². The predicted molar refractivity (Wildman–Crippen MR) is 108 cm³/mol. The number of carboxylic acid groups (broad SMARTS) is 2. The molecule has 1 aliphatic carbocycles. The molecule has 0 radical (unpaired) electrons. The van der Waals surface area contributed by atoms with Crippen molar-refractivity contribution in [2.45, 2.75) is 25.2 Å². The van der Waals surface area contributed by atoms with Crippen molar-refractivity contribution in [3.05, 3.63) is 59.8 Å². The monoisotopic (exact) mass is 394 g/mol. The number of nitrogens with one attached hydrogen (secondary N) is 1. The highest BCUT2D eigenvalue weighted by Crippen LogP contribution is 2.48. The number of aliphatic carboxylic acids is 1. The average Bonchev–Trinajstić information content (AvgIpc) is 3.43. The molecule has 0 bridgehead atoms. The summed E-state index contributed by atoms with van der Waals surface area (Å²) >= 11 is 1.26. The molecule has 142 valence electrons. The highest BCUT2D eigenvalue weighted by molar-refractivity contribution is 7.10. The number of amides is 1. The summed E-state index contributed by atoms with van der Waals surface area (Å²) in [5.41, 5.74) is 4.21. The number of rotatable bonds is 5. The molecular formula is C21H18N2O4S. The third-order valence-corrected chi connectivity index (χ3v) is 6.16. The molecule has 6 nitrogen and oxygen atoms in total. The summed E-state index contributed by atoms with van der Waals surface area (Å²) in [5.74, 6) is -0.754. The zero-order valence-electron chi connectivity index (χ0n) is 15.1. The van der Waals surface area contributed by atoms with Crippen LogP contribution in [0.4, 0.5) is 10.5 Å². The van der Waals surface area contributed by atoms with Gasteiger partial charge in [0, 0.05) is 0 Å². The van der Waals surface area contributed by atoms with E-state index in [1.807, 2.05) is 48.5 Å². The van der Waals surface area contributed by atoms with Crippen molar-refractivity contribution in [2.75, 3.05) is 5.32 Å². The SMILES string of the molecule is Cc1nsc(-c2ccc(-c3ccc(C4(C(=O)O)CC4)cc3)cc2)c1NC(=O)O. The molecule has 3 aromatic rings. The molecule has 1 amide bonds. The molecule has 1 fully saturated rings. The molecule has 1 aliphatic rings. The van der Waals surface area contributed by atoms with Crippen LogP contribution in [-0.4, -0.2) is 26.6 Å². The Balaban J connectivity index is 1.59. The number of nitrogens with zero attached hydrogens (tertiary/aromatic N) is 1. The molecule has 4 rings (SSSR count). The van der Waals surface area contributed by atoms with Gasteiger partial charge in [-0.25, -0.2) is 4.79 Å². The van der Waals surface area contributed by atoms with Gasteiger partial charge in [0.15, 0.2) is 0 Å². The lowest BCUT2D eigenvalue weighted by atomic mass is 9.93. The van der Waals surface area contributed by atoms with E-state index in [1.54, 1.807) is 6.92 Å². The van der Waals surface area contributed by atoms with Crippen LogP contribution in [-0.2, 0) is 10.2 Å². The zero-order chi connectivity index (χ0) is 19.9. The van der Waals surface area contributed by atoms with Gasteiger partial charge in [-0.15, -0.1) is 0 Å². The first-order valence-corrected chi connectivity index (χ1v) is 9.59. The molecule has 3 N–H and O–H groups in total. The fraction of sp³-hybridized carbons (Fsp3) is 0.190. The minimum Gasteiger partial charge on any atom is -0.481 e. The Bertz CT molecular complexity index is 1050. The van der Waals surface area contributed by atoms with Crippen LogP contribution in [0.5, 0.6) is 0 Å². The van der Waals surface area contributed by atoms with E-state index in [9.17, 15) is 14.7 Å².